The van der Waals surface area contributed by atoms with Gasteiger partial charge in [0.15, 0.2) is 17.7 Å². The molecule has 0 saturated carbocycles. The molecule has 2 aromatic heterocycles. The number of aliphatic hydroxyl groups is 1. The van der Waals surface area contributed by atoms with Crippen LogP contribution in [0, 0.1) is 6.92 Å². The number of aromatic nitrogens is 4. The van der Waals surface area contributed by atoms with E-state index in [9.17, 15) is 5.11 Å². The molecule has 176 valence electrons. The number of nitrogens with zero attached hydrogens (tertiary/aromatic N) is 4. The van der Waals surface area contributed by atoms with Crippen molar-refractivity contribution in [2.45, 2.75) is 44.3 Å². The van der Waals surface area contributed by atoms with Gasteiger partial charge in [-0.15, -0.1) is 0 Å². The number of hydrogen-bond donors (Lipinski definition) is 2. The van der Waals surface area contributed by atoms with E-state index in [1.165, 1.54) is 12.7 Å². The van der Waals surface area contributed by atoms with Crippen LogP contribution >= 0.6 is 18.3 Å². The monoisotopic (exact) mass is 511 g/mol. The molecule has 1 aromatic carbocycles. The zero-order chi connectivity index (χ0) is 23.2. The van der Waals surface area contributed by atoms with Crippen molar-refractivity contribution >= 4 is 47.1 Å². The minimum absolute atomic E-state index is 0.114. The second kappa shape index (κ2) is 9.16. The number of benzene rings is 1. The normalized spacial score (nSPS) is 30.2. The fraction of sp³-hybridized carbons (Fsp3) is 0.450. The predicted molar refractivity (Wildman–Crippen MR) is 125 cm³/mol. The number of rotatable bonds is 5. The highest BCUT2D eigenvalue weighted by Crippen LogP contribution is 2.58. The Morgan fingerprint density at radius 1 is 1.36 bits per heavy atom. The molecule has 2 saturated heterocycles. The van der Waals surface area contributed by atoms with E-state index in [1.807, 2.05) is 25.1 Å². The van der Waals surface area contributed by atoms with Crippen molar-refractivity contribution in [3.8, 4) is 0 Å². The highest BCUT2D eigenvalue weighted by atomic mass is 35.5. The van der Waals surface area contributed by atoms with E-state index >= 15 is 0 Å². The average Bonchev–Trinajstić information content (AvgIpc) is 3.38. The second-order valence-corrected chi connectivity index (χ2v) is 11.4. The number of imidazole rings is 1. The summed E-state index contributed by atoms with van der Waals surface area (Å²) in [5.74, 6) is 0.263. The molecule has 0 aliphatic carbocycles. The molecule has 13 heteroatoms. The van der Waals surface area contributed by atoms with Crippen molar-refractivity contribution in [1.29, 1.82) is 0 Å². The van der Waals surface area contributed by atoms with Crippen molar-refractivity contribution in [1.82, 2.24) is 19.5 Å². The Morgan fingerprint density at radius 3 is 3.06 bits per heavy atom. The number of fused-ring (bicyclic) bond motifs is 1. The summed E-state index contributed by atoms with van der Waals surface area (Å²) in [5, 5.41) is 11.2. The molecule has 33 heavy (non-hydrogen) atoms. The summed E-state index contributed by atoms with van der Waals surface area (Å²) >= 11 is 12.0. The number of anilines is 1. The zero-order valence-corrected chi connectivity index (χ0v) is 20.2. The lowest BCUT2D eigenvalue weighted by Crippen LogP contribution is -2.20. The van der Waals surface area contributed by atoms with Gasteiger partial charge in [-0.1, -0.05) is 29.3 Å². The van der Waals surface area contributed by atoms with Gasteiger partial charge in [0.05, 0.1) is 31.7 Å². The molecule has 10 nitrogen and oxygen atoms in total. The van der Waals surface area contributed by atoms with E-state index in [2.05, 4.69) is 15.0 Å². The molecular weight excluding hydrogens is 489 g/mol. The molecule has 2 fully saturated rings. The summed E-state index contributed by atoms with van der Waals surface area (Å²) in [7, 11) is 0. The van der Waals surface area contributed by atoms with E-state index < -0.39 is 25.2 Å². The Kier molecular flexibility index (Phi) is 6.41. The van der Waals surface area contributed by atoms with Crippen LogP contribution in [-0.4, -0.2) is 50.0 Å². The molecule has 0 amide bonds. The van der Waals surface area contributed by atoms with E-state index in [1.54, 1.807) is 4.57 Å². The van der Waals surface area contributed by atoms with Crippen molar-refractivity contribution in [2.24, 2.45) is 0 Å². The summed E-state index contributed by atoms with van der Waals surface area (Å²) < 4.78 is 25.4. The number of hydrogen-bond acceptors (Lipinski definition) is 10. The number of aryl methyl sites for hydroxylation is 1. The Balaban J connectivity index is 1.25. The van der Waals surface area contributed by atoms with Crippen LogP contribution in [0.2, 0.25) is 5.02 Å². The molecule has 0 spiro atoms. The SMILES string of the molecule is Cc1ccc(Cl)c([C@H]2CCOP(=S)(OC[C@@H]3C[C@H](O)[C@H](n4cnc5c(N)ncnc54)O3)O2)c1. The quantitative estimate of drug-likeness (QED) is 0.492. The number of halogens is 1. The highest BCUT2D eigenvalue weighted by Gasteiger charge is 2.39. The fourth-order valence-electron chi connectivity index (χ4n) is 4.02. The van der Waals surface area contributed by atoms with Crippen LogP contribution in [0.1, 0.15) is 36.3 Å². The molecule has 3 aromatic rings. The first-order chi connectivity index (χ1) is 15.8. The molecular formula is C20H23ClN5O5PS. The Hall–Kier alpha value is -1.69. The molecule has 3 N–H and O–H groups in total. The van der Waals surface area contributed by atoms with Crippen LogP contribution in [0.15, 0.2) is 30.9 Å². The second-order valence-electron chi connectivity index (χ2n) is 8.02. The van der Waals surface area contributed by atoms with Gasteiger partial charge >= 0.3 is 6.72 Å². The lowest BCUT2D eigenvalue weighted by molar-refractivity contribution is -0.0505. The van der Waals surface area contributed by atoms with Crippen LogP contribution in [0.3, 0.4) is 0 Å². The van der Waals surface area contributed by atoms with Gasteiger partial charge in [-0.3, -0.25) is 4.57 Å². The lowest BCUT2D eigenvalue weighted by Gasteiger charge is -2.33. The minimum Gasteiger partial charge on any atom is -0.388 e. The topological polar surface area (TPSA) is 127 Å². The van der Waals surface area contributed by atoms with Crippen LogP contribution in [-0.2, 0) is 30.1 Å². The molecule has 5 atom stereocenters. The summed E-state index contributed by atoms with van der Waals surface area (Å²) in [6.45, 7) is -0.494. The minimum atomic E-state index is -3.01. The van der Waals surface area contributed by atoms with Crippen LogP contribution in [0.4, 0.5) is 5.82 Å². The third kappa shape index (κ3) is 4.65. The maximum atomic E-state index is 10.6. The van der Waals surface area contributed by atoms with Crippen LogP contribution in [0.5, 0.6) is 0 Å². The zero-order valence-electron chi connectivity index (χ0n) is 17.7. The third-order valence-corrected chi connectivity index (χ3v) is 8.34. The van der Waals surface area contributed by atoms with E-state index in [0.717, 1.165) is 11.1 Å². The van der Waals surface area contributed by atoms with Gasteiger partial charge in [-0.25, -0.2) is 15.0 Å². The maximum Gasteiger partial charge on any atom is 0.327 e. The number of nitrogen functional groups attached to an aromatic ring is 1. The van der Waals surface area contributed by atoms with E-state index in [-0.39, 0.29) is 18.5 Å². The first-order valence-corrected chi connectivity index (χ1v) is 13.4. The van der Waals surface area contributed by atoms with Gasteiger partial charge in [-0.05, 0) is 24.8 Å². The number of nitrogens with two attached hydrogens (primary N) is 1. The van der Waals surface area contributed by atoms with E-state index in [4.69, 9.17) is 47.4 Å². The number of ether oxygens (including phenoxy) is 1. The third-order valence-electron chi connectivity index (χ3n) is 5.63. The fourth-order valence-corrected chi connectivity index (χ4v) is 6.38. The first-order valence-electron chi connectivity index (χ1n) is 10.4. The summed E-state index contributed by atoms with van der Waals surface area (Å²) in [5.41, 5.74) is 8.74. The lowest BCUT2D eigenvalue weighted by atomic mass is 10.0. The summed E-state index contributed by atoms with van der Waals surface area (Å²) in [6.07, 6.45) is 1.63. The van der Waals surface area contributed by atoms with Gasteiger partial charge in [0, 0.05) is 23.4 Å². The Labute approximate surface area is 200 Å². The van der Waals surface area contributed by atoms with Crippen molar-refractivity contribution in [3.05, 3.63) is 47.0 Å². The smallest absolute Gasteiger partial charge is 0.327 e. The Bertz CT molecular complexity index is 1230. The molecule has 0 bridgehead atoms. The molecule has 0 radical (unpaired) electrons. The summed E-state index contributed by atoms with van der Waals surface area (Å²) in [4.78, 5) is 12.4. The Morgan fingerprint density at radius 2 is 2.21 bits per heavy atom. The number of aliphatic hydroxyl groups excluding tert-OH is 1. The van der Waals surface area contributed by atoms with Gasteiger partial charge < -0.3 is 29.1 Å². The predicted octanol–water partition coefficient (Wildman–Crippen LogP) is 3.44. The van der Waals surface area contributed by atoms with Gasteiger partial charge in [0.2, 0.25) is 0 Å². The van der Waals surface area contributed by atoms with Crippen molar-refractivity contribution in [2.75, 3.05) is 18.9 Å². The molecule has 5 rings (SSSR count). The molecule has 2 aliphatic heterocycles. The molecule has 2 aliphatic rings. The average molecular weight is 512 g/mol. The van der Waals surface area contributed by atoms with Crippen molar-refractivity contribution < 1.29 is 23.4 Å². The molecule has 1 unspecified atom stereocenters. The molecule has 4 heterocycles. The maximum absolute atomic E-state index is 10.6. The standard InChI is InChI=1S/C20H23ClN5O5PS/c1-11-2-3-14(21)13(6-11)16-4-5-28-32(33,31-16)29-8-12-7-15(27)20(30-12)26-10-25-17-18(22)23-9-24-19(17)26/h2-3,6,9-10,12,15-16,20,27H,4-5,7-8H2,1H3,(H2,22,23,24)/t12-,15-,16+,20+,32?/m0/s1. The van der Waals surface area contributed by atoms with Crippen LogP contribution < -0.4 is 5.73 Å². The largest absolute Gasteiger partial charge is 0.388 e. The van der Waals surface area contributed by atoms with Crippen LogP contribution in [0.25, 0.3) is 11.2 Å². The first kappa shape index (κ1) is 23.1. The summed E-state index contributed by atoms with van der Waals surface area (Å²) in [6, 6.07) is 5.78. The van der Waals surface area contributed by atoms with Gasteiger partial charge in [0.1, 0.15) is 17.9 Å². The highest BCUT2D eigenvalue weighted by molar-refractivity contribution is 8.07. The van der Waals surface area contributed by atoms with E-state index in [0.29, 0.717) is 35.6 Å². The van der Waals surface area contributed by atoms with Crippen molar-refractivity contribution in [3.63, 3.8) is 0 Å². The van der Waals surface area contributed by atoms with Gasteiger partial charge in [-0.2, -0.15) is 0 Å². The van der Waals surface area contributed by atoms with Gasteiger partial charge in [0.25, 0.3) is 0 Å².